The maximum atomic E-state index is 12.7. The van der Waals surface area contributed by atoms with Gasteiger partial charge in [0.2, 0.25) is 0 Å². The van der Waals surface area contributed by atoms with Crippen LogP contribution >= 0.6 is 11.6 Å². The smallest absolute Gasteiger partial charge is 0.416 e. The highest BCUT2D eigenvalue weighted by molar-refractivity contribution is 6.31. The maximum absolute atomic E-state index is 12.7. The summed E-state index contributed by atoms with van der Waals surface area (Å²) in [4.78, 5) is 23.1. The highest BCUT2D eigenvalue weighted by atomic mass is 35.5. The van der Waals surface area contributed by atoms with Gasteiger partial charge < -0.3 is 10.4 Å². The molecule has 2 N–H and O–H groups in total. The summed E-state index contributed by atoms with van der Waals surface area (Å²) in [6.45, 7) is 0. The van der Waals surface area contributed by atoms with Crippen molar-refractivity contribution >= 4 is 23.5 Å². The average Bonchev–Trinajstić information content (AvgIpc) is 3.20. The van der Waals surface area contributed by atoms with Crippen LogP contribution in [0.2, 0.25) is 5.02 Å². The Labute approximate surface area is 129 Å². The summed E-state index contributed by atoms with van der Waals surface area (Å²) < 4.78 is 38.1. The summed E-state index contributed by atoms with van der Waals surface area (Å²) in [6.07, 6.45) is -2.57. The highest BCUT2D eigenvalue weighted by Gasteiger charge is 2.33. The Kier molecular flexibility index (Phi) is 4.65. The number of hydrogen-bond acceptors (Lipinski definition) is 2. The van der Waals surface area contributed by atoms with E-state index in [1.807, 2.05) is 0 Å². The summed E-state index contributed by atoms with van der Waals surface area (Å²) in [6, 6.07) is 1.31. The Balaban J connectivity index is 2.17. The first-order chi connectivity index (χ1) is 10.2. The minimum absolute atomic E-state index is 0.242. The molecule has 0 aliphatic heterocycles. The molecule has 1 amide bonds. The second kappa shape index (κ2) is 6.16. The molecule has 1 aliphatic carbocycles. The highest BCUT2D eigenvalue weighted by Crippen LogP contribution is 2.34. The van der Waals surface area contributed by atoms with Crippen LogP contribution in [0.15, 0.2) is 18.2 Å². The van der Waals surface area contributed by atoms with Crippen LogP contribution < -0.4 is 5.32 Å². The zero-order valence-electron chi connectivity index (χ0n) is 11.3. The third-order valence-corrected chi connectivity index (χ3v) is 3.57. The molecule has 1 aromatic rings. The zero-order chi connectivity index (χ0) is 16.5. The van der Waals surface area contributed by atoms with E-state index >= 15 is 0 Å². The number of carboxylic acids is 1. The van der Waals surface area contributed by atoms with Crippen LogP contribution in [0, 0.1) is 5.92 Å². The molecule has 4 nitrogen and oxygen atoms in total. The molecule has 1 unspecified atom stereocenters. The van der Waals surface area contributed by atoms with Crippen molar-refractivity contribution in [3.8, 4) is 0 Å². The van der Waals surface area contributed by atoms with Crippen LogP contribution in [0.1, 0.15) is 35.2 Å². The number of carbonyl (C=O) groups is 2. The van der Waals surface area contributed by atoms with Gasteiger partial charge in [0.05, 0.1) is 5.56 Å². The number of nitrogens with one attached hydrogen (secondary N) is 1. The average molecular weight is 336 g/mol. The molecule has 1 aromatic carbocycles. The van der Waals surface area contributed by atoms with Crippen molar-refractivity contribution in [1.82, 2.24) is 5.32 Å². The molecule has 1 atom stereocenters. The monoisotopic (exact) mass is 335 g/mol. The van der Waals surface area contributed by atoms with Crippen molar-refractivity contribution in [2.75, 3.05) is 0 Å². The lowest BCUT2D eigenvalue weighted by Gasteiger charge is -2.15. The molecule has 2 rings (SSSR count). The molecule has 22 heavy (non-hydrogen) atoms. The van der Waals surface area contributed by atoms with E-state index in [4.69, 9.17) is 16.7 Å². The molecular formula is C14H13ClF3NO3. The van der Waals surface area contributed by atoms with Crippen molar-refractivity contribution in [1.29, 1.82) is 0 Å². The van der Waals surface area contributed by atoms with E-state index in [2.05, 4.69) is 5.32 Å². The third-order valence-electron chi connectivity index (χ3n) is 3.36. The largest absolute Gasteiger partial charge is 0.480 e. The van der Waals surface area contributed by atoms with Gasteiger partial charge in [-0.2, -0.15) is 13.2 Å². The molecule has 120 valence electrons. The quantitative estimate of drug-likeness (QED) is 0.867. The topological polar surface area (TPSA) is 66.4 Å². The predicted molar refractivity (Wildman–Crippen MR) is 72.7 cm³/mol. The van der Waals surface area contributed by atoms with Gasteiger partial charge in [0.25, 0.3) is 5.91 Å². The zero-order valence-corrected chi connectivity index (χ0v) is 12.0. The van der Waals surface area contributed by atoms with E-state index in [0.29, 0.717) is 12.1 Å². The molecular weight excluding hydrogens is 323 g/mol. The Morgan fingerprint density at radius 1 is 1.32 bits per heavy atom. The lowest BCUT2D eigenvalue weighted by molar-refractivity contribution is -0.140. The van der Waals surface area contributed by atoms with Gasteiger partial charge in [0, 0.05) is 10.6 Å². The SMILES string of the molecule is O=C(NC(CC1CC1)C(=O)O)c1cc(Cl)cc(C(F)(F)F)c1. The number of rotatable bonds is 5. The first-order valence-corrected chi connectivity index (χ1v) is 6.96. The van der Waals surface area contributed by atoms with E-state index < -0.39 is 29.7 Å². The summed E-state index contributed by atoms with van der Waals surface area (Å²) in [5.41, 5.74) is -1.37. The van der Waals surface area contributed by atoms with Crippen LogP contribution in [0.25, 0.3) is 0 Å². The van der Waals surface area contributed by atoms with Crippen LogP contribution in [0.3, 0.4) is 0 Å². The van der Waals surface area contributed by atoms with Crippen molar-refractivity contribution in [2.24, 2.45) is 5.92 Å². The maximum Gasteiger partial charge on any atom is 0.416 e. The molecule has 0 bridgehead atoms. The van der Waals surface area contributed by atoms with E-state index in [1.165, 1.54) is 0 Å². The Hall–Kier alpha value is -1.76. The first kappa shape index (κ1) is 16.6. The number of carboxylic acid groups (broad SMARTS) is 1. The van der Waals surface area contributed by atoms with E-state index in [0.717, 1.165) is 18.9 Å². The number of carbonyl (C=O) groups excluding carboxylic acids is 1. The molecule has 0 saturated heterocycles. The van der Waals surface area contributed by atoms with Gasteiger partial charge in [-0.25, -0.2) is 4.79 Å². The summed E-state index contributed by atoms with van der Waals surface area (Å²) in [5.74, 6) is -1.86. The fourth-order valence-corrected chi connectivity index (χ4v) is 2.27. The van der Waals surface area contributed by atoms with Crippen molar-refractivity contribution < 1.29 is 27.9 Å². The number of aliphatic carboxylic acids is 1. The second-order valence-corrected chi connectivity index (χ2v) is 5.71. The standard InChI is InChI=1S/C14H13ClF3NO3/c15-10-5-8(4-9(6-10)14(16,17)18)12(20)19-11(13(21)22)3-7-1-2-7/h4-7,11H,1-3H2,(H,19,20)(H,21,22). The fraction of sp³-hybridized carbons (Fsp3) is 0.429. The Morgan fingerprint density at radius 3 is 2.45 bits per heavy atom. The summed E-state index contributed by atoms with van der Waals surface area (Å²) in [5, 5.41) is 11.1. The van der Waals surface area contributed by atoms with Gasteiger partial charge >= 0.3 is 12.1 Å². The normalized spacial score (nSPS) is 16.2. The molecule has 0 heterocycles. The van der Waals surface area contributed by atoms with E-state index in [-0.39, 0.29) is 22.9 Å². The molecule has 0 radical (unpaired) electrons. The van der Waals surface area contributed by atoms with Crippen molar-refractivity contribution in [3.05, 3.63) is 34.3 Å². The minimum atomic E-state index is -4.64. The minimum Gasteiger partial charge on any atom is -0.480 e. The Bertz CT molecular complexity index is 599. The Morgan fingerprint density at radius 2 is 1.95 bits per heavy atom. The van der Waals surface area contributed by atoms with Gasteiger partial charge in [-0.05, 0) is 30.5 Å². The molecule has 1 aliphatic rings. The first-order valence-electron chi connectivity index (χ1n) is 6.58. The molecule has 0 spiro atoms. The summed E-state index contributed by atoms with van der Waals surface area (Å²) >= 11 is 5.60. The predicted octanol–water partition coefficient (Wildman–Crippen LogP) is 3.34. The van der Waals surface area contributed by atoms with Crippen LogP contribution in [0.5, 0.6) is 0 Å². The number of alkyl halides is 3. The van der Waals surface area contributed by atoms with E-state index in [1.54, 1.807) is 0 Å². The van der Waals surface area contributed by atoms with Crippen molar-refractivity contribution in [2.45, 2.75) is 31.5 Å². The molecule has 8 heteroatoms. The van der Waals surface area contributed by atoms with Gasteiger partial charge in [0.1, 0.15) is 6.04 Å². The fourth-order valence-electron chi connectivity index (χ4n) is 2.03. The number of amides is 1. The van der Waals surface area contributed by atoms with E-state index in [9.17, 15) is 22.8 Å². The lowest BCUT2D eigenvalue weighted by atomic mass is 10.1. The number of hydrogen-bond donors (Lipinski definition) is 2. The third kappa shape index (κ3) is 4.37. The number of benzene rings is 1. The van der Waals surface area contributed by atoms with Gasteiger partial charge in [0.15, 0.2) is 0 Å². The molecule has 1 saturated carbocycles. The van der Waals surface area contributed by atoms with Gasteiger partial charge in [-0.1, -0.05) is 24.4 Å². The second-order valence-electron chi connectivity index (χ2n) is 5.27. The van der Waals surface area contributed by atoms with Crippen molar-refractivity contribution in [3.63, 3.8) is 0 Å². The molecule has 1 fully saturated rings. The van der Waals surface area contributed by atoms with Gasteiger partial charge in [-0.15, -0.1) is 0 Å². The summed E-state index contributed by atoms with van der Waals surface area (Å²) in [7, 11) is 0. The van der Waals surface area contributed by atoms with Gasteiger partial charge in [-0.3, -0.25) is 4.79 Å². The molecule has 0 aromatic heterocycles. The van der Waals surface area contributed by atoms with Crippen LogP contribution in [-0.4, -0.2) is 23.0 Å². The number of halogens is 4. The van der Waals surface area contributed by atoms with Crippen LogP contribution in [0.4, 0.5) is 13.2 Å². The van der Waals surface area contributed by atoms with Crippen LogP contribution in [-0.2, 0) is 11.0 Å². The lowest BCUT2D eigenvalue weighted by Crippen LogP contribution is -2.41.